The number of carbonyl (C=O) groups is 1. The van der Waals surface area contributed by atoms with Crippen molar-refractivity contribution < 1.29 is 4.79 Å². The molecule has 0 aliphatic rings. The van der Waals surface area contributed by atoms with E-state index >= 15 is 0 Å². The molecule has 0 fully saturated rings. The van der Waals surface area contributed by atoms with E-state index in [-0.39, 0.29) is 5.91 Å². The van der Waals surface area contributed by atoms with Gasteiger partial charge in [-0.15, -0.1) is 0 Å². The van der Waals surface area contributed by atoms with E-state index in [9.17, 15) is 4.79 Å². The summed E-state index contributed by atoms with van der Waals surface area (Å²) in [7, 11) is 0. The van der Waals surface area contributed by atoms with Crippen LogP contribution in [0.1, 0.15) is 21.7 Å². The van der Waals surface area contributed by atoms with Crippen molar-refractivity contribution in [2.24, 2.45) is 5.10 Å². The van der Waals surface area contributed by atoms with Crippen LogP contribution >= 0.6 is 0 Å². The van der Waals surface area contributed by atoms with E-state index in [4.69, 9.17) is 4.98 Å². The molecule has 4 rings (SSSR count). The molecule has 0 spiro atoms. The standard InChI is InChI=1S/C23H18N4O/c1-16-8-7-11-18(25-16)15-24-27-23(28)20-14-22(17-9-3-2-4-10-17)26-21-13-6-5-12-19(20)21/h2-15H,1H3,(H,27,28)/b24-15-. The summed E-state index contributed by atoms with van der Waals surface area (Å²) in [6.45, 7) is 1.91. The summed E-state index contributed by atoms with van der Waals surface area (Å²) in [4.78, 5) is 21.9. The van der Waals surface area contributed by atoms with Gasteiger partial charge in [-0.1, -0.05) is 54.6 Å². The van der Waals surface area contributed by atoms with Gasteiger partial charge in [0.25, 0.3) is 5.91 Å². The van der Waals surface area contributed by atoms with Crippen molar-refractivity contribution in [3.8, 4) is 11.3 Å². The molecule has 0 saturated carbocycles. The molecule has 5 heteroatoms. The zero-order valence-corrected chi connectivity index (χ0v) is 15.3. The van der Waals surface area contributed by atoms with Crippen molar-refractivity contribution in [1.29, 1.82) is 0 Å². The molecular formula is C23H18N4O. The monoisotopic (exact) mass is 366 g/mol. The van der Waals surface area contributed by atoms with Crippen molar-refractivity contribution in [3.05, 3.63) is 95.8 Å². The van der Waals surface area contributed by atoms with Gasteiger partial charge in [-0.3, -0.25) is 9.78 Å². The van der Waals surface area contributed by atoms with E-state index in [1.54, 1.807) is 6.07 Å². The van der Waals surface area contributed by atoms with Crippen LogP contribution in [0.15, 0.2) is 84.0 Å². The summed E-state index contributed by atoms with van der Waals surface area (Å²) in [6.07, 6.45) is 1.53. The number of para-hydroxylation sites is 1. The summed E-state index contributed by atoms with van der Waals surface area (Å²) in [6, 6.07) is 24.8. The number of aromatic nitrogens is 2. The minimum absolute atomic E-state index is 0.292. The fourth-order valence-electron chi connectivity index (χ4n) is 2.97. The van der Waals surface area contributed by atoms with Crippen molar-refractivity contribution in [1.82, 2.24) is 15.4 Å². The SMILES string of the molecule is Cc1cccc(/C=N\NC(=O)c2cc(-c3ccccc3)nc3ccccc23)n1. The summed E-state index contributed by atoms with van der Waals surface area (Å²) in [5.74, 6) is -0.292. The number of hydrogen-bond acceptors (Lipinski definition) is 4. The number of hydrazone groups is 1. The second-order valence-electron chi connectivity index (χ2n) is 6.34. The number of nitrogens with one attached hydrogen (secondary N) is 1. The molecule has 0 bridgehead atoms. The van der Waals surface area contributed by atoms with Gasteiger partial charge in [-0.2, -0.15) is 5.10 Å². The Morgan fingerprint density at radius 3 is 2.54 bits per heavy atom. The van der Waals surface area contributed by atoms with Gasteiger partial charge >= 0.3 is 0 Å². The first-order valence-corrected chi connectivity index (χ1v) is 8.93. The quantitative estimate of drug-likeness (QED) is 0.431. The van der Waals surface area contributed by atoms with Crippen LogP contribution in [0.2, 0.25) is 0 Å². The molecule has 4 aromatic rings. The van der Waals surface area contributed by atoms with Gasteiger partial charge in [0, 0.05) is 16.6 Å². The highest BCUT2D eigenvalue weighted by Crippen LogP contribution is 2.24. The number of nitrogens with zero attached hydrogens (tertiary/aromatic N) is 3. The summed E-state index contributed by atoms with van der Waals surface area (Å²) < 4.78 is 0. The second-order valence-corrected chi connectivity index (χ2v) is 6.34. The number of amides is 1. The molecule has 1 N–H and O–H groups in total. The average Bonchev–Trinajstić information content (AvgIpc) is 2.73. The number of pyridine rings is 2. The Morgan fingerprint density at radius 2 is 1.71 bits per heavy atom. The molecule has 5 nitrogen and oxygen atoms in total. The van der Waals surface area contributed by atoms with Gasteiger partial charge in [0.05, 0.1) is 28.7 Å². The van der Waals surface area contributed by atoms with Gasteiger partial charge in [0.1, 0.15) is 0 Å². The molecule has 0 aliphatic heterocycles. The maximum absolute atomic E-state index is 12.8. The molecule has 2 aromatic heterocycles. The van der Waals surface area contributed by atoms with Crippen LogP contribution in [0.5, 0.6) is 0 Å². The van der Waals surface area contributed by atoms with Crippen LogP contribution < -0.4 is 5.43 Å². The molecule has 0 atom stereocenters. The predicted molar refractivity (Wildman–Crippen MR) is 111 cm³/mol. The van der Waals surface area contributed by atoms with Gasteiger partial charge in [0.2, 0.25) is 0 Å². The zero-order valence-electron chi connectivity index (χ0n) is 15.3. The molecule has 2 heterocycles. The van der Waals surface area contributed by atoms with E-state index in [1.165, 1.54) is 6.21 Å². The Morgan fingerprint density at radius 1 is 0.929 bits per heavy atom. The maximum Gasteiger partial charge on any atom is 0.272 e. The summed E-state index contributed by atoms with van der Waals surface area (Å²) in [5, 5.41) is 4.84. The zero-order chi connectivity index (χ0) is 19.3. The molecular weight excluding hydrogens is 348 g/mol. The lowest BCUT2D eigenvalue weighted by Gasteiger charge is -2.09. The Kier molecular flexibility index (Phi) is 4.89. The molecule has 136 valence electrons. The van der Waals surface area contributed by atoms with Gasteiger partial charge in [-0.05, 0) is 31.2 Å². The predicted octanol–water partition coefficient (Wildman–Crippen LogP) is 4.37. The smallest absolute Gasteiger partial charge is 0.267 e. The largest absolute Gasteiger partial charge is 0.272 e. The van der Waals surface area contributed by atoms with Gasteiger partial charge in [-0.25, -0.2) is 10.4 Å². The highest BCUT2D eigenvalue weighted by molar-refractivity contribution is 6.07. The molecule has 1 amide bonds. The van der Waals surface area contributed by atoms with E-state index in [0.29, 0.717) is 11.3 Å². The van der Waals surface area contributed by atoms with Crippen molar-refractivity contribution in [2.75, 3.05) is 0 Å². The number of benzene rings is 2. The Bertz CT molecular complexity index is 1170. The normalized spacial score (nSPS) is 11.0. The lowest BCUT2D eigenvalue weighted by molar-refractivity contribution is 0.0956. The molecule has 0 aliphatic carbocycles. The average molecular weight is 366 g/mol. The third-order valence-corrected chi connectivity index (χ3v) is 4.30. The number of hydrogen-bond donors (Lipinski definition) is 1. The molecule has 0 saturated heterocycles. The van der Waals surface area contributed by atoms with Gasteiger partial charge < -0.3 is 0 Å². The summed E-state index contributed by atoms with van der Waals surface area (Å²) >= 11 is 0. The van der Waals surface area contributed by atoms with Crippen molar-refractivity contribution in [3.63, 3.8) is 0 Å². The highest BCUT2D eigenvalue weighted by atomic mass is 16.2. The number of rotatable bonds is 4. The van der Waals surface area contributed by atoms with Crippen molar-refractivity contribution in [2.45, 2.75) is 6.92 Å². The molecule has 28 heavy (non-hydrogen) atoms. The first kappa shape index (κ1) is 17.5. The van der Waals surface area contributed by atoms with E-state index in [1.807, 2.05) is 79.7 Å². The number of carbonyl (C=O) groups excluding carboxylic acids is 1. The molecule has 2 aromatic carbocycles. The minimum atomic E-state index is -0.292. The number of aryl methyl sites for hydroxylation is 1. The maximum atomic E-state index is 12.8. The highest BCUT2D eigenvalue weighted by Gasteiger charge is 2.13. The van der Waals surface area contributed by atoms with Crippen LogP contribution in [-0.4, -0.2) is 22.1 Å². The topological polar surface area (TPSA) is 67.2 Å². The first-order valence-electron chi connectivity index (χ1n) is 8.93. The Labute approximate surface area is 162 Å². The van der Waals surface area contributed by atoms with Crippen LogP contribution in [0.4, 0.5) is 0 Å². The van der Waals surface area contributed by atoms with Gasteiger partial charge in [0.15, 0.2) is 0 Å². The minimum Gasteiger partial charge on any atom is -0.267 e. The third kappa shape index (κ3) is 3.78. The van der Waals surface area contributed by atoms with E-state index in [0.717, 1.165) is 27.9 Å². The Hall–Kier alpha value is -3.86. The third-order valence-electron chi connectivity index (χ3n) is 4.30. The second kappa shape index (κ2) is 7.80. The van der Waals surface area contributed by atoms with E-state index < -0.39 is 0 Å². The van der Waals surface area contributed by atoms with Crippen LogP contribution in [-0.2, 0) is 0 Å². The number of fused-ring (bicyclic) bond motifs is 1. The lowest BCUT2D eigenvalue weighted by Crippen LogP contribution is -2.18. The van der Waals surface area contributed by atoms with Crippen LogP contribution in [0, 0.1) is 6.92 Å². The van der Waals surface area contributed by atoms with E-state index in [2.05, 4.69) is 15.5 Å². The fourth-order valence-corrected chi connectivity index (χ4v) is 2.97. The van der Waals surface area contributed by atoms with Crippen molar-refractivity contribution >= 4 is 23.0 Å². The Balaban J connectivity index is 1.67. The molecule has 0 unspecified atom stereocenters. The summed E-state index contributed by atoms with van der Waals surface area (Å²) in [5.41, 5.74) is 7.16. The first-order chi connectivity index (χ1) is 13.7. The van der Waals surface area contributed by atoms with Crippen LogP contribution in [0.3, 0.4) is 0 Å². The molecule has 0 radical (unpaired) electrons. The fraction of sp³-hybridized carbons (Fsp3) is 0.0435. The lowest BCUT2D eigenvalue weighted by atomic mass is 10.0. The van der Waals surface area contributed by atoms with Crippen LogP contribution in [0.25, 0.3) is 22.2 Å².